The van der Waals surface area contributed by atoms with Crippen LogP contribution in [0.3, 0.4) is 0 Å². The van der Waals surface area contributed by atoms with Crippen LogP contribution in [0.15, 0.2) is 76.7 Å². The Bertz CT molecular complexity index is 1220. The molecule has 3 rings (SSSR count). The lowest BCUT2D eigenvalue weighted by Gasteiger charge is -2.24. The Morgan fingerprint density at radius 1 is 0.938 bits per heavy atom. The van der Waals surface area contributed by atoms with E-state index in [1.165, 1.54) is 42.6 Å². The zero-order chi connectivity index (χ0) is 23.3. The number of nitrogens with zero attached hydrogens (tertiary/aromatic N) is 2. The summed E-state index contributed by atoms with van der Waals surface area (Å²) in [7, 11) is -4.00. The maximum absolute atomic E-state index is 13.4. The van der Waals surface area contributed by atoms with Crippen molar-refractivity contribution in [2.24, 2.45) is 5.10 Å². The number of carbonyl (C=O) groups excluding carboxylic acids is 1. The number of amides is 1. The molecular weight excluding hydrogens is 429 g/mol. The van der Waals surface area contributed by atoms with Gasteiger partial charge in [-0.1, -0.05) is 35.9 Å². The fraction of sp³-hybridized carbons (Fsp3) is 0.167. The second-order valence-electron chi connectivity index (χ2n) is 7.52. The third-order valence-corrected chi connectivity index (χ3v) is 6.45. The average molecular weight is 454 g/mol. The second kappa shape index (κ2) is 9.74. The van der Waals surface area contributed by atoms with Gasteiger partial charge in [0.25, 0.3) is 15.9 Å². The summed E-state index contributed by atoms with van der Waals surface area (Å²) in [5.74, 6) is -0.991. The van der Waals surface area contributed by atoms with Crippen molar-refractivity contribution in [2.45, 2.75) is 25.7 Å². The van der Waals surface area contributed by atoms with Gasteiger partial charge in [-0.25, -0.2) is 18.2 Å². The third kappa shape index (κ3) is 5.79. The summed E-state index contributed by atoms with van der Waals surface area (Å²) in [6, 6.07) is 17.4. The van der Waals surface area contributed by atoms with Crippen LogP contribution >= 0.6 is 0 Å². The van der Waals surface area contributed by atoms with Gasteiger partial charge in [0.1, 0.15) is 12.4 Å². The number of hydrogen-bond donors (Lipinski definition) is 1. The zero-order valence-corrected chi connectivity index (χ0v) is 18.9. The minimum Gasteiger partial charge on any atom is -0.271 e. The Balaban J connectivity index is 1.87. The molecule has 0 saturated heterocycles. The Kier molecular flexibility index (Phi) is 7.05. The van der Waals surface area contributed by atoms with E-state index in [9.17, 15) is 17.6 Å². The van der Waals surface area contributed by atoms with Gasteiger partial charge < -0.3 is 0 Å². The largest absolute Gasteiger partial charge is 0.271 e. The van der Waals surface area contributed by atoms with E-state index in [2.05, 4.69) is 10.5 Å². The van der Waals surface area contributed by atoms with E-state index < -0.39 is 22.5 Å². The summed E-state index contributed by atoms with van der Waals surface area (Å²) >= 11 is 0. The lowest BCUT2D eigenvalue weighted by molar-refractivity contribution is -0.119. The SMILES string of the molecule is Cc1ccc(S(=O)(=O)N(CC(=O)N/N=C\c2ccc(F)cc2)c2cc(C)cc(C)c2)cc1. The predicted octanol–water partition coefficient (Wildman–Crippen LogP) is 4.10. The number of hydrogen-bond acceptors (Lipinski definition) is 4. The molecule has 8 heteroatoms. The van der Waals surface area contributed by atoms with Crippen LogP contribution < -0.4 is 9.73 Å². The fourth-order valence-corrected chi connectivity index (χ4v) is 4.55. The highest BCUT2D eigenvalue weighted by molar-refractivity contribution is 7.92. The van der Waals surface area contributed by atoms with Crippen LogP contribution in [0.2, 0.25) is 0 Å². The van der Waals surface area contributed by atoms with Crippen molar-refractivity contribution in [2.75, 3.05) is 10.8 Å². The van der Waals surface area contributed by atoms with Gasteiger partial charge in [-0.2, -0.15) is 5.10 Å². The van der Waals surface area contributed by atoms with E-state index in [-0.39, 0.29) is 10.7 Å². The number of hydrazone groups is 1. The Labute approximate surface area is 187 Å². The number of sulfonamides is 1. The number of benzene rings is 3. The van der Waals surface area contributed by atoms with Crippen molar-refractivity contribution < 1.29 is 17.6 Å². The first kappa shape index (κ1) is 23.1. The van der Waals surface area contributed by atoms with E-state index in [4.69, 9.17) is 0 Å². The third-order valence-electron chi connectivity index (χ3n) is 4.66. The normalized spacial score (nSPS) is 11.5. The molecule has 0 aliphatic heterocycles. The number of nitrogens with one attached hydrogen (secondary N) is 1. The number of aryl methyl sites for hydroxylation is 3. The van der Waals surface area contributed by atoms with Crippen molar-refractivity contribution in [3.8, 4) is 0 Å². The van der Waals surface area contributed by atoms with Crippen molar-refractivity contribution in [3.05, 3.63) is 94.8 Å². The second-order valence-corrected chi connectivity index (χ2v) is 9.38. The van der Waals surface area contributed by atoms with Crippen LogP contribution in [0.4, 0.5) is 10.1 Å². The van der Waals surface area contributed by atoms with Gasteiger partial charge in [0, 0.05) is 0 Å². The molecular formula is C24H24FN3O3S. The molecule has 0 bridgehead atoms. The molecule has 0 heterocycles. The van der Waals surface area contributed by atoms with Gasteiger partial charge in [0.05, 0.1) is 16.8 Å². The van der Waals surface area contributed by atoms with E-state index in [0.29, 0.717) is 11.3 Å². The zero-order valence-electron chi connectivity index (χ0n) is 18.0. The van der Waals surface area contributed by atoms with E-state index in [1.807, 2.05) is 26.8 Å². The number of anilines is 1. The summed E-state index contributed by atoms with van der Waals surface area (Å²) in [6.45, 7) is 5.13. The number of carbonyl (C=O) groups is 1. The highest BCUT2D eigenvalue weighted by Crippen LogP contribution is 2.26. The summed E-state index contributed by atoms with van der Waals surface area (Å²) in [5, 5.41) is 3.85. The van der Waals surface area contributed by atoms with Gasteiger partial charge in [0.15, 0.2) is 0 Å². The van der Waals surface area contributed by atoms with Gasteiger partial charge in [0.2, 0.25) is 0 Å². The first-order valence-corrected chi connectivity index (χ1v) is 11.3. The van der Waals surface area contributed by atoms with E-state index >= 15 is 0 Å². The molecule has 3 aromatic rings. The van der Waals surface area contributed by atoms with Crippen LogP contribution in [0.1, 0.15) is 22.3 Å². The Hall–Kier alpha value is -3.52. The van der Waals surface area contributed by atoms with Gasteiger partial charge in [-0.3, -0.25) is 9.10 Å². The Morgan fingerprint density at radius 3 is 2.12 bits per heavy atom. The predicted molar refractivity (Wildman–Crippen MR) is 124 cm³/mol. The molecule has 6 nitrogen and oxygen atoms in total. The van der Waals surface area contributed by atoms with Gasteiger partial charge >= 0.3 is 0 Å². The average Bonchev–Trinajstić information content (AvgIpc) is 2.73. The summed E-state index contributed by atoms with van der Waals surface area (Å²) in [6.07, 6.45) is 1.35. The molecule has 0 fully saturated rings. The maximum Gasteiger partial charge on any atom is 0.264 e. The molecule has 0 aliphatic rings. The molecule has 166 valence electrons. The molecule has 0 atom stereocenters. The maximum atomic E-state index is 13.4. The van der Waals surface area contributed by atoms with Crippen LogP contribution in [0.5, 0.6) is 0 Å². The topological polar surface area (TPSA) is 78.8 Å². The Morgan fingerprint density at radius 2 is 1.53 bits per heavy atom. The summed E-state index contributed by atoms with van der Waals surface area (Å²) < 4.78 is 40.9. The van der Waals surface area contributed by atoms with Gasteiger partial charge in [-0.05, 0) is 73.9 Å². The van der Waals surface area contributed by atoms with Crippen molar-refractivity contribution >= 4 is 27.8 Å². The quantitative estimate of drug-likeness (QED) is 0.432. The molecule has 1 N–H and O–H groups in total. The highest BCUT2D eigenvalue weighted by Gasteiger charge is 2.27. The minimum atomic E-state index is -4.00. The fourth-order valence-electron chi connectivity index (χ4n) is 3.14. The van der Waals surface area contributed by atoms with Crippen molar-refractivity contribution in [3.63, 3.8) is 0 Å². The molecule has 0 aromatic heterocycles. The first-order chi connectivity index (χ1) is 15.1. The summed E-state index contributed by atoms with van der Waals surface area (Å²) in [5.41, 5.74) is 5.99. The standard InChI is InChI=1S/C24H24FN3O3S/c1-17-4-10-23(11-5-17)32(30,31)28(22-13-18(2)12-19(3)14-22)16-24(29)27-26-15-20-6-8-21(25)9-7-20/h4-15H,16H2,1-3H3,(H,27,29)/b26-15-. The van der Waals surface area contributed by atoms with E-state index in [1.54, 1.807) is 24.3 Å². The van der Waals surface area contributed by atoms with Crippen LogP contribution in [0, 0.1) is 26.6 Å². The molecule has 0 aliphatic carbocycles. The monoisotopic (exact) mass is 453 g/mol. The number of rotatable bonds is 7. The number of halogens is 1. The molecule has 32 heavy (non-hydrogen) atoms. The lowest BCUT2D eigenvalue weighted by Crippen LogP contribution is -2.39. The minimum absolute atomic E-state index is 0.0878. The van der Waals surface area contributed by atoms with Crippen molar-refractivity contribution in [1.29, 1.82) is 0 Å². The molecule has 0 spiro atoms. The molecule has 3 aromatic carbocycles. The van der Waals surface area contributed by atoms with E-state index in [0.717, 1.165) is 21.0 Å². The molecule has 0 saturated carbocycles. The van der Waals surface area contributed by atoms with Gasteiger partial charge in [-0.15, -0.1) is 0 Å². The molecule has 0 radical (unpaired) electrons. The molecule has 0 unspecified atom stereocenters. The first-order valence-electron chi connectivity index (χ1n) is 9.90. The molecule has 1 amide bonds. The van der Waals surface area contributed by atoms with Crippen molar-refractivity contribution in [1.82, 2.24) is 5.43 Å². The van der Waals surface area contributed by atoms with Crippen LogP contribution in [-0.4, -0.2) is 27.1 Å². The summed E-state index contributed by atoms with van der Waals surface area (Å²) in [4.78, 5) is 12.7. The smallest absolute Gasteiger partial charge is 0.264 e. The van der Waals surface area contributed by atoms with Crippen LogP contribution in [-0.2, 0) is 14.8 Å². The lowest BCUT2D eigenvalue weighted by atomic mass is 10.1. The highest BCUT2D eigenvalue weighted by atomic mass is 32.2. The van der Waals surface area contributed by atoms with Crippen LogP contribution in [0.25, 0.3) is 0 Å².